The zero-order chi connectivity index (χ0) is 13.3. The summed E-state index contributed by atoms with van der Waals surface area (Å²) in [4.78, 5) is 2.45. The molecule has 0 bridgehead atoms. The fourth-order valence-corrected chi connectivity index (χ4v) is 2.96. The van der Waals surface area contributed by atoms with Gasteiger partial charge in [0.2, 0.25) is 0 Å². The molecule has 0 aromatic heterocycles. The first-order valence-electron chi connectivity index (χ1n) is 6.93. The Morgan fingerprint density at radius 3 is 2.89 bits per heavy atom. The number of hydrogen-bond acceptors (Lipinski definition) is 3. The van der Waals surface area contributed by atoms with Gasteiger partial charge >= 0.3 is 0 Å². The van der Waals surface area contributed by atoms with E-state index in [0.29, 0.717) is 5.84 Å². The van der Waals surface area contributed by atoms with Crippen LogP contribution in [-0.4, -0.2) is 30.4 Å². The monoisotopic (exact) mass is 259 g/mol. The molecule has 1 heterocycles. The minimum Gasteiger partial charge on any atom is -0.492 e. The average molecular weight is 259 g/mol. The number of hydrogen-bond donors (Lipinski definition) is 2. The molecule has 0 radical (unpaired) electrons. The van der Waals surface area contributed by atoms with Crippen LogP contribution in [0.2, 0.25) is 0 Å². The molecule has 3 rings (SSSR count). The zero-order valence-corrected chi connectivity index (χ0v) is 11.2. The van der Waals surface area contributed by atoms with Gasteiger partial charge in [0.05, 0.1) is 5.84 Å². The second kappa shape index (κ2) is 4.85. The molecule has 0 unspecified atom stereocenters. The molecule has 1 aliphatic carbocycles. The van der Waals surface area contributed by atoms with Crippen LogP contribution in [0.15, 0.2) is 24.3 Å². The Hall–Kier alpha value is -1.55. The van der Waals surface area contributed by atoms with Crippen LogP contribution >= 0.6 is 0 Å². The highest BCUT2D eigenvalue weighted by molar-refractivity contribution is 5.78. The lowest BCUT2D eigenvalue weighted by atomic mass is 10.0. The lowest BCUT2D eigenvalue weighted by molar-refractivity contribution is 0.191. The van der Waals surface area contributed by atoms with Crippen molar-refractivity contribution < 1.29 is 4.74 Å². The Morgan fingerprint density at radius 2 is 2.16 bits per heavy atom. The Morgan fingerprint density at radius 1 is 1.37 bits per heavy atom. The third-order valence-corrected chi connectivity index (χ3v) is 4.11. The van der Waals surface area contributed by atoms with Crippen molar-refractivity contribution in [3.63, 3.8) is 0 Å². The number of ether oxygens (including phenoxy) is 1. The number of rotatable bonds is 4. The molecule has 102 valence electrons. The Balaban J connectivity index is 1.68. The van der Waals surface area contributed by atoms with Crippen molar-refractivity contribution in [2.24, 2.45) is 11.1 Å². The molecule has 0 amide bonds. The van der Waals surface area contributed by atoms with Crippen LogP contribution in [0.3, 0.4) is 0 Å². The van der Waals surface area contributed by atoms with Crippen LogP contribution in [0.4, 0.5) is 0 Å². The first-order chi connectivity index (χ1) is 9.17. The molecule has 1 aromatic rings. The standard InChI is InChI=1S/C15H21N3O/c16-14(17)9-15(5-6-15)11-18-7-8-19-13-4-2-1-3-12(13)10-18/h1-4H,5-11H2,(H3,16,17). The lowest BCUT2D eigenvalue weighted by Gasteiger charge is -2.25. The van der Waals surface area contributed by atoms with Gasteiger partial charge in [-0.05, 0) is 24.3 Å². The van der Waals surface area contributed by atoms with Crippen LogP contribution in [0.5, 0.6) is 5.75 Å². The van der Waals surface area contributed by atoms with E-state index in [9.17, 15) is 0 Å². The zero-order valence-electron chi connectivity index (χ0n) is 11.2. The van der Waals surface area contributed by atoms with E-state index < -0.39 is 0 Å². The van der Waals surface area contributed by atoms with E-state index in [4.69, 9.17) is 15.9 Å². The Kier molecular flexibility index (Phi) is 3.19. The lowest BCUT2D eigenvalue weighted by Crippen LogP contribution is -2.33. The highest BCUT2D eigenvalue weighted by Gasteiger charge is 2.44. The van der Waals surface area contributed by atoms with Crippen molar-refractivity contribution in [2.75, 3.05) is 19.7 Å². The number of nitrogens with zero attached hydrogens (tertiary/aromatic N) is 1. The maximum Gasteiger partial charge on any atom is 0.123 e. The van der Waals surface area contributed by atoms with Crippen molar-refractivity contribution in [2.45, 2.75) is 25.8 Å². The van der Waals surface area contributed by atoms with Crippen LogP contribution in [0.1, 0.15) is 24.8 Å². The number of nitrogens with one attached hydrogen (secondary N) is 1. The van der Waals surface area contributed by atoms with Crippen LogP contribution in [0.25, 0.3) is 0 Å². The van der Waals surface area contributed by atoms with E-state index in [1.807, 2.05) is 12.1 Å². The summed E-state index contributed by atoms with van der Waals surface area (Å²) in [6.45, 7) is 3.67. The maximum absolute atomic E-state index is 7.50. The van der Waals surface area contributed by atoms with Crippen LogP contribution in [-0.2, 0) is 6.54 Å². The highest BCUT2D eigenvalue weighted by atomic mass is 16.5. The van der Waals surface area contributed by atoms with Gasteiger partial charge in [0, 0.05) is 31.6 Å². The van der Waals surface area contributed by atoms with Gasteiger partial charge in [-0.15, -0.1) is 0 Å². The summed E-state index contributed by atoms with van der Waals surface area (Å²) >= 11 is 0. The van der Waals surface area contributed by atoms with Gasteiger partial charge < -0.3 is 10.5 Å². The molecular weight excluding hydrogens is 238 g/mol. The quantitative estimate of drug-likeness (QED) is 0.642. The normalized spacial score (nSPS) is 21.1. The van der Waals surface area contributed by atoms with Gasteiger partial charge in [0.25, 0.3) is 0 Å². The molecule has 4 nitrogen and oxygen atoms in total. The van der Waals surface area contributed by atoms with E-state index >= 15 is 0 Å². The number of fused-ring (bicyclic) bond motifs is 1. The molecule has 0 saturated heterocycles. The SMILES string of the molecule is N=C(N)CC1(CN2CCOc3ccccc3C2)CC1. The fraction of sp³-hybridized carbons (Fsp3) is 0.533. The molecule has 0 atom stereocenters. The van der Waals surface area contributed by atoms with E-state index in [0.717, 1.165) is 38.4 Å². The highest BCUT2D eigenvalue weighted by Crippen LogP contribution is 2.49. The number of para-hydroxylation sites is 1. The van der Waals surface area contributed by atoms with Gasteiger partial charge in [0.15, 0.2) is 0 Å². The van der Waals surface area contributed by atoms with E-state index in [1.54, 1.807) is 0 Å². The molecule has 1 aromatic carbocycles. The Bertz CT molecular complexity index is 482. The predicted octanol–water partition coefficient (Wildman–Crippen LogP) is 1.99. The predicted molar refractivity (Wildman–Crippen MR) is 75.4 cm³/mol. The summed E-state index contributed by atoms with van der Waals surface area (Å²) in [5, 5.41) is 7.50. The molecule has 0 spiro atoms. The van der Waals surface area contributed by atoms with Crippen molar-refractivity contribution in [3.05, 3.63) is 29.8 Å². The third kappa shape index (κ3) is 2.89. The second-order valence-electron chi connectivity index (χ2n) is 5.87. The minimum atomic E-state index is 0.269. The number of benzene rings is 1. The first-order valence-corrected chi connectivity index (χ1v) is 6.93. The minimum absolute atomic E-state index is 0.269. The van der Waals surface area contributed by atoms with Crippen molar-refractivity contribution in [3.8, 4) is 5.75 Å². The summed E-state index contributed by atoms with van der Waals surface area (Å²) in [6, 6.07) is 8.26. The van der Waals surface area contributed by atoms with Crippen molar-refractivity contribution in [1.29, 1.82) is 5.41 Å². The van der Waals surface area contributed by atoms with Crippen molar-refractivity contribution in [1.82, 2.24) is 4.90 Å². The van der Waals surface area contributed by atoms with E-state index in [2.05, 4.69) is 17.0 Å². The molecule has 19 heavy (non-hydrogen) atoms. The summed E-state index contributed by atoms with van der Waals surface area (Å²) in [6.07, 6.45) is 3.14. The van der Waals surface area contributed by atoms with E-state index in [1.165, 1.54) is 18.4 Å². The molecule has 1 saturated carbocycles. The molecule has 3 N–H and O–H groups in total. The third-order valence-electron chi connectivity index (χ3n) is 4.11. The van der Waals surface area contributed by atoms with E-state index in [-0.39, 0.29) is 5.41 Å². The summed E-state index contributed by atoms with van der Waals surface area (Å²) < 4.78 is 5.79. The first kappa shape index (κ1) is 12.5. The van der Waals surface area contributed by atoms with Crippen LogP contribution in [0, 0.1) is 10.8 Å². The Labute approximate surface area is 114 Å². The fourth-order valence-electron chi connectivity index (χ4n) is 2.96. The summed E-state index contributed by atoms with van der Waals surface area (Å²) in [5.41, 5.74) is 7.10. The van der Waals surface area contributed by atoms with Crippen molar-refractivity contribution >= 4 is 5.84 Å². The van der Waals surface area contributed by atoms with Gasteiger partial charge in [-0.2, -0.15) is 0 Å². The number of amidine groups is 1. The number of nitrogens with two attached hydrogens (primary N) is 1. The molecule has 4 heteroatoms. The average Bonchev–Trinajstić information content (AvgIpc) is 3.12. The maximum atomic E-state index is 7.50. The smallest absolute Gasteiger partial charge is 0.123 e. The van der Waals surface area contributed by atoms with Gasteiger partial charge in [-0.1, -0.05) is 18.2 Å². The van der Waals surface area contributed by atoms with Gasteiger partial charge in [-0.25, -0.2) is 0 Å². The van der Waals surface area contributed by atoms with Gasteiger partial charge in [0.1, 0.15) is 12.4 Å². The summed E-state index contributed by atoms with van der Waals surface area (Å²) in [7, 11) is 0. The molecule has 2 aliphatic rings. The largest absolute Gasteiger partial charge is 0.492 e. The second-order valence-corrected chi connectivity index (χ2v) is 5.87. The topological polar surface area (TPSA) is 62.3 Å². The van der Waals surface area contributed by atoms with Crippen LogP contribution < -0.4 is 10.5 Å². The molecule has 1 aliphatic heterocycles. The molecular formula is C15H21N3O. The van der Waals surface area contributed by atoms with Gasteiger partial charge in [-0.3, -0.25) is 10.3 Å². The summed E-state index contributed by atoms with van der Waals surface area (Å²) in [5.74, 6) is 1.34. The molecule has 1 fully saturated rings.